The molecule has 0 saturated heterocycles. The fraction of sp³-hybridized carbons (Fsp3) is 0.250. The Labute approximate surface area is 146 Å². The first-order valence-electron chi connectivity index (χ1n) is 7.28. The smallest absolute Gasteiger partial charge is 0.262 e. The molecule has 0 saturated carbocycles. The summed E-state index contributed by atoms with van der Waals surface area (Å²) < 4.78 is 1.31. The van der Waals surface area contributed by atoms with Gasteiger partial charge < -0.3 is 0 Å². The van der Waals surface area contributed by atoms with E-state index in [4.69, 9.17) is 0 Å². The summed E-state index contributed by atoms with van der Waals surface area (Å²) in [7, 11) is 0. The summed E-state index contributed by atoms with van der Waals surface area (Å²) in [5.74, 6) is -0.367. The lowest BCUT2D eigenvalue weighted by atomic mass is 10.2. The van der Waals surface area contributed by atoms with E-state index < -0.39 is 0 Å². The number of carbonyl (C=O) groups is 1. The van der Waals surface area contributed by atoms with Crippen LogP contribution in [0.25, 0.3) is 10.2 Å². The number of aromatic nitrogens is 2. The van der Waals surface area contributed by atoms with Crippen molar-refractivity contribution in [2.75, 3.05) is 0 Å². The first-order chi connectivity index (χ1) is 11.5. The number of amides is 1. The SMILES string of the molecule is Cc1ccsc1C=NNC(=O)Cn1cnc2sc(C)c(C)c2c1=O. The van der Waals surface area contributed by atoms with E-state index in [1.807, 2.05) is 32.2 Å². The number of thiophene rings is 2. The molecule has 24 heavy (non-hydrogen) atoms. The Kier molecular flexibility index (Phi) is 4.59. The maximum Gasteiger partial charge on any atom is 0.262 e. The van der Waals surface area contributed by atoms with E-state index in [1.165, 1.54) is 22.2 Å². The normalized spacial score (nSPS) is 11.5. The molecule has 0 aromatic carbocycles. The van der Waals surface area contributed by atoms with Gasteiger partial charge in [0.1, 0.15) is 11.4 Å². The van der Waals surface area contributed by atoms with Crippen LogP contribution >= 0.6 is 22.7 Å². The Morgan fingerprint density at radius 1 is 1.42 bits per heavy atom. The van der Waals surface area contributed by atoms with E-state index in [2.05, 4.69) is 15.5 Å². The van der Waals surface area contributed by atoms with E-state index in [1.54, 1.807) is 17.6 Å². The highest BCUT2D eigenvalue weighted by Gasteiger charge is 2.13. The minimum atomic E-state index is -0.367. The summed E-state index contributed by atoms with van der Waals surface area (Å²) in [6, 6.07) is 1.99. The molecule has 0 fully saturated rings. The quantitative estimate of drug-likeness (QED) is 0.574. The number of hydrogen-bond donors (Lipinski definition) is 1. The molecule has 1 N–H and O–H groups in total. The Balaban J connectivity index is 1.75. The van der Waals surface area contributed by atoms with Crippen LogP contribution in [0, 0.1) is 20.8 Å². The molecule has 3 aromatic heterocycles. The van der Waals surface area contributed by atoms with Crippen LogP contribution in [0.2, 0.25) is 0 Å². The molecule has 0 atom stereocenters. The maximum absolute atomic E-state index is 12.5. The molecule has 3 rings (SSSR count). The number of rotatable bonds is 4. The molecular weight excluding hydrogens is 344 g/mol. The van der Waals surface area contributed by atoms with E-state index in [0.29, 0.717) is 10.2 Å². The summed E-state index contributed by atoms with van der Waals surface area (Å²) in [4.78, 5) is 31.5. The molecule has 3 aromatic rings. The van der Waals surface area contributed by atoms with Crippen molar-refractivity contribution in [2.24, 2.45) is 5.10 Å². The second-order valence-electron chi connectivity index (χ2n) is 5.40. The fourth-order valence-electron chi connectivity index (χ4n) is 2.25. The van der Waals surface area contributed by atoms with Gasteiger partial charge in [-0.1, -0.05) is 0 Å². The van der Waals surface area contributed by atoms with Gasteiger partial charge in [0.05, 0.1) is 17.9 Å². The van der Waals surface area contributed by atoms with Crippen molar-refractivity contribution in [3.8, 4) is 0 Å². The number of hydrogen-bond acceptors (Lipinski definition) is 6. The third kappa shape index (κ3) is 3.15. The van der Waals surface area contributed by atoms with Crippen molar-refractivity contribution >= 4 is 45.0 Å². The Morgan fingerprint density at radius 3 is 2.92 bits per heavy atom. The van der Waals surface area contributed by atoms with Gasteiger partial charge in [0, 0.05) is 9.75 Å². The fourth-order valence-corrected chi connectivity index (χ4v) is 4.03. The number of fused-ring (bicyclic) bond motifs is 1. The minimum Gasteiger partial charge on any atom is -0.289 e. The lowest BCUT2D eigenvalue weighted by molar-refractivity contribution is -0.121. The van der Waals surface area contributed by atoms with Crippen LogP contribution in [-0.2, 0) is 11.3 Å². The molecule has 0 aliphatic heterocycles. The number of nitrogens with one attached hydrogen (secondary N) is 1. The molecule has 0 unspecified atom stereocenters. The zero-order valence-electron chi connectivity index (χ0n) is 13.5. The molecule has 1 amide bonds. The second-order valence-corrected chi connectivity index (χ2v) is 7.55. The lowest BCUT2D eigenvalue weighted by Crippen LogP contribution is -2.30. The summed E-state index contributed by atoms with van der Waals surface area (Å²) >= 11 is 3.04. The molecule has 3 heterocycles. The third-order valence-electron chi connectivity index (χ3n) is 3.74. The molecule has 0 bridgehead atoms. The van der Waals surface area contributed by atoms with Gasteiger partial charge in [-0.3, -0.25) is 14.2 Å². The first kappa shape index (κ1) is 16.5. The standard InChI is InChI=1S/C16H16N4O2S2/c1-9-4-5-23-12(9)6-18-19-13(21)7-20-8-17-15-14(16(20)22)10(2)11(3)24-15/h4-6,8H,7H2,1-3H3,(H,19,21). The van der Waals surface area contributed by atoms with E-state index in [9.17, 15) is 9.59 Å². The highest BCUT2D eigenvalue weighted by Crippen LogP contribution is 2.25. The molecule has 124 valence electrons. The van der Waals surface area contributed by atoms with Gasteiger partial charge in [0.25, 0.3) is 11.5 Å². The number of aryl methyl sites for hydroxylation is 3. The van der Waals surface area contributed by atoms with Crippen LogP contribution < -0.4 is 11.0 Å². The number of hydrazone groups is 1. The predicted molar refractivity (Wildman–Crippen MR) is 98.1 cm³/mol. The van der Waals surface area contributed by atoms with Gasteiger partial charge in [-0.15, -0.1) is 22.7 Å². The summed E-state index contributed by atoms with van der Waals surface area (Å²) in [5.41, 5.74) is 4.27. The van der Waals surface area contributed by atoms with E-state index in [-0.39, 0.29) is 18.0 Å². The first-order valence-corrected chi connectivity index (χ1v) is 8.98. The highest BCUT2D eigenvalue weighted by atomic mass is 32.1. The topological polar surface area (TPSA) is 76.3 Å². The summed E-state index contributed by atoms with van der Waals surface area (Å²) in [5, 5.41) is 6.49. The van der Waals surface area contributed by atoms with Crippen LogP contribution in [0.4, 0.5) is 0 Å². The monoisotopic (exact) mass is 360 g/mol. The molecule has 0 aliphatic rings. The van der Waals surface area contributed by atoms with Crippen molar-refractivity contribution in [3.63, 3.8) is 0 Å². The number of nitrogens with zero attached hydrogens (tertiary/aromatic N) is 3. The van der Waals surface area contributed by atoms with Crippen LogP contribution in [0.3, 0.4) is 0 Å². The molecular formula is C16H16N4O2S2. The average molecular weight is 360 g/mol. The lowest BCUT2D eigenvalue weighted by Gasteiger charge is -2.04. The average Bonchev–Trinajstić information content (AvgIpc) is 3.07. The zero-order valence-corrected chi connectivity index (χ0v) is 15.1. The van der Waals surface area contributed by atoms with Gasteiger partial charge in [0.2, 0.25) is 0 Å². The highest BCUT2D eigenvalue weighted by molar-refractivity contribution is 7.18. The van der Waals surface area contributed by atoms with Crippen molar-refractivity contribution in [1.82, 2.24) is 15.0 Å². The van der Waals surface area contributed by atoms with Gasteiger partial charge in [-0.2, -0.15) is 5.10 Å². The molecule has 0 radical (unpaired) electrons. The van der Waals surface area contributed by atoms with Crippen LogP contribution in [0.1, 0.15) is 20.9 Å². The van der Waals surface area contributed by atoms with Crippen molar-refractivity contribution in [3.05, 3.63) is 49.0 Å². The number of carbonyl (C=O) groups excluding carboxylic acids is 1. The van der Waals surface area contributed by atoms with E-state index >= 15 is 0 Å². The van der Waals surface area contributed by atoms with Gasteiger partial charge >= 0.3 is 0 Å². The summed E-state index contributed by atoms with van der Waals surface area (Å²) in [6.45, 7) is 5.72. The molecule has 0 spiro atoms. The Hall–Kier alpha value is -2.32. The van der Waals surface area contributed by atoms with Crippen molar-refractivity contribution in [2.45, 2.75) is 27.3 Å². The largest absolute Gasteiger partial charge is 0.289 e. The van der Waals surface area contributed by atoms with E-state index in [0.717, 1.165) is 20.9 Å². The Morgan fingerprint density at radius 2 is 2.21 bits per heavy atom. The van der Waals surface area contributed by atoms with Crippen LogP contribution in [0.15, 0.2) is 27.7 Å². The molecule has 8 heteroatoms. The Bertz CT molecular complexity index is 997. The summed E-state index contributed by atoms with van der Waals surface area (Å²) in [6.07, 6.45) is 3.02. The zero-order chi connectivity index (χ0) is 17.3. The van der Waals surface area contributed by atoms with Crippen molar-refractivity contribution in [1.29, 1.82) is 0 Å². The predicted octanol–water partition coefficient (Wildman–Crippen LogP) is 2.60. The van der Waals surface area contributed by atoms with Gasteiger partial charge in [0.15, 0.2) is 0 Å². The van der Waals surface area contributed by atoms with Gasteiger partial charge in [-0.05, 0) is 43.3 Å². The molecule has 6 nitrogen and oxygen atoms in total. The van der Waals surface area contributed by atoms with Crippen LogP contribution in [0.5, 0.6) is 0 Å². The maximum atomic E-state index is 12.5. The second kappa shape index (κ2) is 6.66. The van der Waals surface area contributed by atoms with Crippen LogP contribution in [-0.4, -0.2) is 21.7 Å². The van der Waals surface area contributed by atoms with Crippen molar-refractivity contribution < 1.29 is 4.79 Å². The minimum absolute atomic E-state index is 0.114. The van der Waals surface area contributed by atoms with Gasteiger partial charge in [-0.25, -0.2) is 10.4 Å². The molecule has 0 aliphatic carbocycles. The third-order valence-corrected chi connectivity index (χ3v) is 5.81.